The number of halogens is 2. The van der Waals surface area contributed by atoms with Crippen molar-refractivity contribution in [2.24, 2.45) is 0 Å². The molecule has 1 aromatic carbocycles. The molecular weight excluding hydrogens is 378 g/mol. The third-order valence-electron chi connectivity index (χ3n) is 2.83. The fraction of sp³-hybridized carbons (Fsp3) is 0.462. The van der Waals surface area contributed by atoms with E-state index in [-0.39, 0.29) is 11.9 Å². The van der Waals surface area contributed by atoms with Crippen molar-refractivity contribution in [3.63, 3.8) is 0 Å². The minimum absolute atomic E-state index is 0.0607. The van der Waals surface area contributed by atoms with Gasteiger partial charge in [0.25, 0.3) is 5.91 Å². The predicted octanol–water partition coefficient (Wildman–Crippen LogP) is 4.43. The van der Waals surface area contributed by atoms with Crippen LogP contribution < -0.4 is 0 Å². The second kappa shape index (κ2) is 7.56. The molecule has 0 aliphatic carbocycles. The van der Waals surface area contributed by atoms with Crippen LogP contribution in [0.1, 0.15) is 23.7 Å². The van der Waals surface area contributed by atoms with E-state index in [9.17, 15) is 4.79 Å². The number of thioether (sulfide) groups is 1. The van der Waals surface area contributed by atoms with Crippen LogP contribution in [0.5, 0.6) is 0 Å². The molecular formula is C13H17Br2NOS. The quantitative estimate of drug-likeness (QED) is 0.736. The van der Waals surface area contributed by atoms with Crippen molar-refractivity contribution in [2.45, 2.75) is 19.4 Å². The lowest BCUT2D eigenvalue weighted by Gasteiger charge is -2.25. The Morgan fingerprint density at radius 3 is 2.39 bits per heavy atom. The first-order chi connectivity index (χ1) is 8.45. The van der Waals surface area contributed by atoms with Crippen molar-refractivity contribution in [3.05, 3.63) is 32.7 Å². The summed E-state index contributed by atoms with van der Waals surface area (Å²) < 4.78 is 1.82. The highest BCUT2D eigenvalue weighted by molar-refractivity contribution is 9.11. The Morgan fingerprint density at radius 1 is 1.33 bits per heavy atom. The maximum absolute atomic E-state index is 12.3. The average molecular weight is 395 g/mol. The van der Waals surface area contributed by atoms with Gasteiger partial charge in [-0.15, -0.1) is 0 Å². The van der Waals surface area contributed by atoms with Gasteiger partial charge in [-0.2, -0.15) is 11.8 Å². The molecule has 1 aromatic rings. The molecule has 2 nitrogen and oxygen atoms in total. The molecule has 0 radical (unpaired) electrons. The van der Waals surface area contributed by atoms with E-state index in [1.807, 2.05) is 30.1 Å². The number of amides is 1. The lowest BCUT2D eigenvalue weighted by Crippen LogP contribution is -2.35. The van der Waals surface area contributed by atoms with Gasteiger partial charge in [0.1, 0.15) is 0 Å². The highest BCUT2D eigenvalue weighted by Crippen LogP contribution is 2.21. The summed E-state index contributed by atoms with van der Waals surface area (Å²) in [5.41, 5.74) is 0.703. The average Bonchev–Trinajstić information content (AvgIpc) is 2.32. The summed E-state index contributed by atoms with van der Waals surface area (Å²) in [6.07, 6.45) is 3.10. The number of hydrogen-bond donors (Lipinski definition) is 0. The Bertz CT molecular complexity index is 405. The van der Waals surface area contributed by atoms with Gasteiger partial charge in [0, 0.05) is 27.6 Å². The highest BCUT2D eigenvalue weighted by atomic mass is 79.9. The van der Waals surface area contributed by atoms with E-state index in [4.69, 9.17) is 0 Å². The molecule has 0 fully saturated rings. The summed E-state index contributed by atoms with van der Waals surface area (Å²) >= 11 is 8.62. The van der Waals surface area contributed by atoms with E-state index in [2.05, 4.69) is 45.0 Å². The lowest BCUT2D eigenvalue weighted by atomic mass is 10.1. The number of hydrogen-bond acceptors (Lipinski definition) is 2. The molecule has 0 aromatic heterocycles. The summed E-state index contributed by atoms with van der Waals surface area (Å²) in [5.74, 6) is 1.13. The zero-order valence-electron chi connectivity index (χ0n) is 10.7. The third kappa shape index (κ3) is 4.59. The van der Waals surface area contributed by atoms with Gasteiger partial charge in [0.05, 0.1) is 0 Å². The van der Waals surface area contributed by atoms with E-state index in [0.29, 0.717) is 5.56 Å². The van der Waals surface area contributed by atoms with Crippen molar-refractivity contribution >= 4 is 49.5 Å². The molecule has 0 saturated heterocycles. The van der Waals surface area contributed by atoms with E-state index in [0.717, 1.165) is 21.1 Å². The number of carbonyl (C=O) groups excluding carboxylic acids is 1. The summed E-state index contributed by atoms with van der Waals surface area (Å²) in [7, 11) is 1.86. The van der Waals surface area contributed by atoms with Gasteiger partial charge in [0.15, 0.2) is 0 Å². The number of carbonyl (C=O) groups is 1. The Balaban J connectivity index is 2.79. The Morgan fingerprint density at radius 2 is 1.89 bits per heavy atom. The van der Waals surface area contributed by atoms with Gasteiger partial charge in [0.2, 0.25) is 0 Å². The third-order valence-corrected chi connectivity index (χ3v) is 4.39. The smallest absolute Gasteiger partial charge is 0.253 e. The van der Waals surface area contributed by atoms with Crippen LogP contribution in [0, 0.1) is 0 Å². The summed E-state index contributed by atoms with van der Waals surface area (Å²) in [6, 6.07) is 5.88. The minimum atomic E-state index is 0.0607. The maximum atomic E-state index is 12.3. The molecule has 0 heterocycles. The van der Waals surface area contributed by atoms with Crippen molar-refractivity contribution in [3.8, 4) is 0 Å². The topological polar surface area (TPSA) is 20.3 Å². The molecule has 1 amide bonds. The zero-order valence-corrected chi connectivity index (χ0v) is 14.7. The summed E-state index contributed by atoms with van der Waals surface area (Å²) in [6.45, 7) is 2.08. The molecule has 1 atom stereocenters. The number of nitrogens with zero attached hydrogens (tertiary/aromatic N) is 1. The Kier molecular flexibility index (Phi) is 6.74. The fourth-order valence-corrected chi connectivity index (χ4v) is 3.43. The standard InChI is InChI=1S/C13H17Br2NOS/c1-9(4-5-18-3)16(2)13(17)10-6-11(14)8-12(15)7-10/h6-9H,4-5H2,1-3H3. The zero-order chi connectivity index (χ0) is 13.7. The molecule has 100 valence electrons. The summed E-state index contributed by atoms with van der Waals surface area (Å²) in [4.78, 5) is 14.1. The number of benzene rings is 1. The van der Waals surface area contributed by atoms with Gasteiger partial charge in [-0.05, 0) is 43.6 Å². The molecule has 5 heteroatoms. The number of rotatable bonds is 5. The molecule has 0 bridgehead atoms. The largest absolute Gasteiger partial charge is 0.339 e. The molecule has 18 heavy (non-hydrogen) atoms. The van der Waals surface area contributed by atoms with Crippen LogP contribution in [-0.2, 0) is 0 Å². The molecule has 0 aliphatic heterocycles. The van der Waals surface area contributed by atoms with E-state index < -0.39 is 0 Å². The van der Waals surface area contributed by atoms with Crippen LogP contribution in [0.25, 0.3) is 0 Å². The normalized spacial score (nSPS) is 12.3. The van der Waals surface area contributed by atoms with E-state index in [1.165, 1.54) is 0 Å². The lowest BCUT2D eigenvalue weighted by molar-refractivity contribution is 0.0741. The van der Waals surface area contributed by atoms with E-state index >= 15 is 0 Å². The Hall–Kier alpha value is -0.000000000000000111. The summed E-state index contributed by atoms with van der Waals surface area (Å²) in [5, 5.41) is 0. The first-order valence-electron chi connectivity index (χ1n) is 5.68. The molecule has 1 unspecified atom stereocenters. The van der Waals surface area contributed by atoms with Crippen LogP contribution in [0.15, 0.2) is 27.1 Å². The van der Waals surface area contributed by atoms with Crippen LogP contribution in [0.4, 0.5) is 0 Å². The van der Waals surface area contributed by atoms with Gasteiger partial charge in [-0.25, -0.2) is 0 Å². The Labute approximate surface area is 130 Å². The predicted molar refractivity (Wildman–Crippen MR) is 86.4 cm³/mol. The van der Waals surface area contributed by atoms with Crippen LogP contribution in [-0.4, -0.2) is 35.9 Å². The van der Waals surface area contributed by atoms with Crippen LogP contribution in [0.2, 0.25) is 0 Å². The first-order valence-corrected chi connectivity index (χ1v) is 8.66. The molecule has 0 saturated carbocycles. The van der Waals surface area contributed by atoms with Crippen molar-refractivity contribution in [1.29, 1.82) is 0 Å². The fourth-order valence-electron chi connectivity index (χ4n) is 1.56. The maximum Gasteiger partial charge on any atom is 0.253 e. The molecule has 0 N–H and O–H groups in total. The molecule has 1 rings (SSSR count). The SMILES string of the molecule is CSCCC(C)N(C)C(=O)c1cc(Br)cc(Br)c1. The van der Waals surface area contributed by atoms with Crippen LogP contribution >= 0.6 is 43.6 Å². The van der Waals surface area contributed by atoms with Crippen molar-refractivity contribution < 1.29 is 4.79 Å². The van der Waals surface area contributed by atoms with Crippen molar-refractivity contribution in [1.82, 2.24) is 4.90 Å². The van der Waals surface area contributed by atoms with Gasteiger partial charge in [-0.1, -0.05) is 31.9 Å². The first kappa shape index (κ1) is 16.1. The van der Waals surface area contributed by atoms with Gasteiger partial charge >= 0.3 is 0 Å². The monoisotopic (exact) mass is 393 g/mol. The van der Waals surface area contributed by atoms with Gasteiger partial charge in [-0.3, -0.25) is 4.79 Å². The van der Waals surface area contributed by atoms with Gasteiger partial charge < -0.3 is 4.90 Å². The minimum Gasteiger partial charge on any atom is -0.339 e. The van der Waals surface area contributed by atoms with Crippen LogP contribution in [0.3, 0.4) is 0 Å². The molecule has 0 aliphatic rings. The van der Waals surface area contributed by atoms with E-state index in [1.54, 1.807) is 11.8 Å². The van der Waals surface area contributed by atoms with Crippen molar-refractivity contribution in [2.75, 3.05) is 19.1 Å². The second-order valence-electron chi connectivity index (χ2n) is 4.20. The second-order valence-corrected chi connectivity index (χ2v) is 7.02. The highest BCUT2D eigenvalue weighted by Gasteiger charge is 2.17. The molecule has 0 spiro atoms.